The van der Waals surface area contributed by atoms with Crippen LogP contribution in [-0.4, -0.2) is 19.9 Å². The lowest BCUT2D eigenvalue weighted by Gasteiger charge is -2.16. The molecular formula is C49H29N5. The summed E-state index contributed by atoms with van der Waals surface area (Å²) in [7, 11) is 0. The van der Waals surface area contributed by atoms with Crippen molar-refractivity contribution in [3.05, 3.63) is 187 Å². The van der Waals surface area contributed by atoms with E-state index < -0.39 is 0 Å². The minimum Gasteiger partial charge on any atom is -0.256 e. The fourth-order valence-corrected chi connectivity index (χ4v) is 7.52. The molecule has 10 rings (SSSR count). The first-order valence-electron chi connectivity index (χ1n) is 17.8. The molecule has 0 N–H and O–H groups in total. The van der Waals surface area contributed by atoms with E-state index in [9.17, 15) is 0 Å². The third kappa shape index (κ3) is 5.42. The number of hydrogen-bond donors (Lipinski definition) is 0. The van der Waals surface area contributed by atoms with Crippen LogP contribution in [0.2, 0.25) is 0 Å². The number of nitrogens with zero attached hydrogens (tertiary/aromatic N) is 5. The van der Waals surface area contributed by atoms with Gasteiger partial charge in [0.1, 0.15) is 0 Å². The van der Waals surface area contributed by atoms with E-state index in [2.05, 4.69) is 89.8 Å². The third-order valence-electron chi connectivity index (χ3n) is 10.1. The summed E-state index contributed by atoms with van der Waals surface area (Å²) in [5, 5.41) is 7.87. The van der Waals surface area contributed by atoms with Gasteiger partial charge in [0.05, 0.1) is 12.1 Å². The van der Waals surface area contributed by atoms with Crippen LogP contribution in [0.3, 0.4) is 0 Å². The molecule has 0 atom stereocenters. The second kappa shape index (κ2) is 12.9. The minimum atomic E-state index is 0.620. The maximum Gasteiger partial charge on any atom is 0.187 e. The molecule has 0 saturated heterocycles. The quantitative estimate of drug-likeness (QED) is 0.133. The molecule has 5 heteroatoms. The Hall–Kier alpha value is -7.55. The molecule has 10 aromatic rings. The first-order valence-corrected chi connectivity index (χ1v) is 17.8. The number of hydrogen-bond acceptors (Lipinski definition) is 4. The van der Waals surface area contributed by atoms with Crippen LogP contribution in [0, 0.1) is 6.57 Å². The smallest absolute Gasteiger partial charge is 0.187 e. The molecule has 0 amide bonds. The summed E-state index contributed by atoms with van der Waals surface area (Å²) in [6.45, 7) is 7.43. The zero-order chi connectivity index (χ0) is 36.0. The molecule has 2 heterocycles. The largest absolute Gasteiger partial charge is 0.256 e. The van der Waals surface area contributed by atoms with Gasteiger partial charge in [-0.1, -0.05) is 133 Å². The molecule has 8 aromatic carbocycles. The molecular weight excluding hydrogens is 659 g/mol. The van der Waals surface area contributed by atoms with Crippen LogP contribution in [-0.2, 0) is 0 Å². The molecule has 0 aliphatic rings. The predicted octanol–water partition coefficient (Wildman–Crippen LogP) is 12.8. The lowest BCUT2D eigenvalue weighted by Crippen LogP contribution is -2.00. The summed E-state index contributed by atoms with van der Waals surface area (Å²) in [4.78, 5) is 23.5. The van der Waals surface area contributed by atoms with Gasteiger partial charge in [-0.15, -0.1) is 0 Å². The van der Waals surface area contributed by atoms with Gasteiger partial charge < -0.3 is 0 Å². The Balaban J connectivity index is 1.16. The van der Waals surface area contributed by atoms with Gasteiger partial charge in [0, 0.05) is 33.8 Å². The van der Waals surface area contributed by atoms with Crippen molar-refractivity contribution in [1.29, 1.82) is 0 Å². The third-order valence-corrected chi connectivity index (χ3v) is 10.1. The predicted molar refractivity (Wildman–Crippen MR) is 221 cm³/mol. The zero-order valence-electron chi connectivity index (χ0n) is 29.0. The molecule has 0 unspecified atom stereocenters. The Kier molecular flexibility index (Phi) is 7.45. The Morgan fingerprint density at radius 3 is 1.67 bits per heavy atom. The van der Waals surface area contributed by atoms with E-state index >= 15 is 0 Å². The molecule has 2 aromatic heterocycles. The van der Waals surface area contributed by atoms with Crippen molar-refractivity contribution in [3.63, 3.8) is 0 Å². The number of pyridine rings is 1. The number of benzene rings is 8. The van der Waals surface area contributed by atoms with Crippen molar-refractivity contribution in [2.75, 3.05) is 0 Å². The lowest BCUT2D eigenvalue weighted by atomic mass is 9.88. The zero-order valence-corrected chi connectivity index (χ0v) is 29.0. The van der Waals surface area contributed by atoms with Gasteiger partial charge in [-0.05, 0) is 85.4 Å². The first-order chi connectivity index (χ1) is 26.7. The van der Waals surface area contributed by atoms with E-state index in [0.717, 1.165) is 71.4 Å². The molecule has 0 radical (unpaired) electrons. The van der Waals surface area contributed by atoms with E-state index in [1.54, 1.807) is 0 Å². The highest BCUT2D eigenvalue weighted by Crippen LogP contribution is 2.42. The topological polar surface area (TPSA) is 55.9 Å². The van der Waals surface area contributed by atoms with Gasteiger partial charge in [0.15, 0.2) is 23.2 Å². The van der Waals surface area contributed by atoms with Gasteiger partial charge in [0.25, 0.3) is 0 Å². The maximum absolute atomic E-state index is 7.43. The fraction of sp³-hybridized carbons (Fsp3) is 0. The SMILES string of the molecule is [C-]#[N+]c1ccc2cc(-c3cc4c5ccccc5c(-c5cccc(-c6nc(-c7ccccc7)nc(-c7ccccc7)n6)c5)cc4c4cccnc34)ccc2c1. The van der Waals surface area contributed by atoms with E-state index in [1.165, 1.54) is 10.8 Å². The highest BCUT2D eigenvalue weighted by atomic mass is 15.0. The van der Waals surface area contributed by atoms with Crippen LogP contribution in [0.4, 0.5) is 5.69 Å². The fourth-order valence-electron chi connectivity index (χ4n) is 7.52. The lowest BCUT2D eigenvalue weighted by molar-refractivity contribution is 1.07. The van der Waals surface area contributed by atoms with Crippen LogP contribution in [0.25, 0.3) is 104 Å². The second-order valence-corrected chi connectivity index (χ2v) is 13.4. The van der Waals surface area contributed by atoms with Crippen LogP contribution in [0.5, 0.6) is 0 Å². The van der Waals surface area contributed by atoms with Gasteiger partial charge >= 0.3 is 0 Å². The number of fused-ring (bicyclic) bond motifs is 6. The van der Waals surface area contributed by atoms with Crippen molar-refractivity contribution in [2.45, 2.75) is 0 Å². The average Bonchev–Trinajstić information content (AvgIpc) is 3.26. The molecule has 0 saturated carbocycles. The van der Waals surface area contributed by atoms with Gasteiger partial charge in [-0.2, -0.15) is 0 Å². The Morgan fingerprint density at radius 1 is 0.370 bits per heavy atom. The van der Waals surface area contributed by atoms with Crippen molar-refractivity contribution >= 4 is 48.9 Å². The molecule has 5 nitrogen and oxygen atoms in total. The first kappa shape index (κ1) is 31.2. The van der Waals surface area contributed by atoms with Crippen molar-refractivity contribution in [3.8, 4) is 56.4 Å². The Bertz CT molecular complexity index is 3050. The van der Waals surface area contributed by atoms with Gasteiger partial charge in [-0.3, -0.25) is 4.98 Å². The second-order valence-electron chi connectivity index (χ2n) is 13.4. The van der Waals surface area contributed by atoms with Crippen LogP contribution < -0.4 is 0 Å². The van der Waals surface area contributed by atoms with Crippen LogP contribution in [0.15, 0.2) is 176 Å². The summed E-state index contributed by atoms with van der Waals surface area (Å²) in [5.41, 5.74) is 8.74. The van der Waals surface area contributed by atoms with Gasteiger partial charge in [-0.25, -0.2) is 19.8 Å². The normalized spacial score (nSPS) is 11.3. The highest BCUT2D eigenvalue weighted by Gasteiger charge is 2.17. The number of rotatable bonds is 5. The van der Waals surface area contributed by atoms with Crippen LogP contribution in [0.1, 0.15) is 0 Å². The monoisotopic (exact) mass is 687 g/mol. The van der Waals surface area contributed by atoms with E-state index in [-0.39, 0.29) is 0 Å². The van der Waals surface area contributed by atoms with Crippen molar-refractivity contribution < 1.29 is 0 Å². The Morgan fingerprint density at radius 2 is 0.926 bits per heavy atom. The minimum absolute atomic E-state index is 0.620. The van der Waals surface area contributed by atoms with Crippen molar-refractivity contribution in [2.24, 2.45) is 0 Å². The van der Waals surface area contributed by atoms with E-state index in [0.29, 0.717) is 23.2 Å². The number of aromatic nitrogens is 4. The molecule has 0 spiro atoms. The average molecular weight is 688 g/mol. The molecule has 0 bridgehead atoms. The van der Waals surface area contributed by atoms with E-state index in [1.807, 2.05) is 91.1 Å². The van der Waals surface area contributed by atoms with Crippen LogP contribution >= 0.6 is 0 Å². The molecule has 0 aliphatic carbocycles. The summed E-state index contributed by atoms with van der Waals surface area (Å²) in [6, 6.07) is 58.4. The summed E-state index contributed by atoms with van der Waals surface area (Å²) >= 11 is 0. The summed E-state index contributed by atoms with van der Waals surface area (Å²) in [5.74, 6) is 1.89. The highest BCUT2D eigenvalue weighted by molar-refractivity contribution is 6.23. The maximum atomic E-state index is 7.43. The Labute approximate surface area is 311 Å². The van der Waals surface area contributed by atoms with Gasteiger partial charge in [0.2, 0.25) is 0 Å². The molecule has 250 valence electrons. The summed E-state index contributed by atoms with van der Waals surface area (Å²) in [6.07, 6.45) is 1.87. The molecule has 0 fully saturated rings. The molecule has 54 heavy (non-hydrogen) atoms. The summed E-state index contributed by atoms with van der Waals surface area (Å²) < 4.78 is 0. The van der Waals surface area contributed by atoms with E-state index in [4.69, 9.17) is 26.5 Å². The van der Waals surface area contributed by atoms with Crippen molar-refractivity contribution in [1.82, 2.24) is 19.9 Å². The standard InChI is InChI=1S/C49H29N5/c1-50-38-24-23-33-26-36(22-21-34(33)28-38)43-30-44-40-19-9-8-18-39(40)42(29-45(44)41-20-11-25-51-46(41)43)35-16-10-17-37(27-35)49-53-47(31-12-4-2-5-13-31)52-48(54-49)32-14-6-3-7-15-32/h2-30H. The molecule has 0 aliphatic heterocycles.